The fourth-order valence-corrected chi connectivity index (χ4v) is 2.29. The van der Waals surface area contributed by atoms with Gasteiger partial charge in [-0.05, 0) is 33.1 Å². The molecular formula is C14H19F5N2O2Si. The van der Waals surface area contributed by atoms with Crippen molar-refractivity contribution in [3.8, 4) is 0 Å². The summed E-state index contributed by atoms with van der Waals surface area (Å²) in [5.41, 5.74) is 3.32. The summed E-state index contributed by atoms with van der Waals surface area (Å²) in [5, 5.41) is 0. The van der Waals surface area contributed by atoms with Crippen molar-refractivity contribution in [2.75, 3.05) is 11.4 Å². The van der Waals surface area contributed by atoms with Gasteiger partial charge in [-0.1, -0.05) is 0 Å². The summed E-state index contributed by atoms with van der Waals surface area (Å²) in [4.78, 5) is 11.8. The number of nitrogens with zero attached hydrogens (tertiary/aromatic N) is 1. The van der Waals surface area contributed by atoms with E-state index in [9.17, 15) is 26.7 Å². The molecule has 1 aromatic rings. The van der Waals surface area contributed by atoms with Crippen LogP contribution in [0.2, 0.25) is 0 Å². The van der Waals surface area contributed by atoms with Crippen LogP contribution in [0.4, 0.5) is 32.4 Å². The number of rotatable bonds is 7. The third-order valence-electron chi connectivity index (χ3n) is 3.69. The first-order valence-electron chi connectivity index (χ1n) is 7.17. The molecule has 10 heteroatoms. The summed E-state index contributed by atoms with van der Waals surface area (Å²) in [7, 11) is 0.531. The second-order valence-corrected chi connectivity index (χ2v) is 6.24. The summed E-state index contributed by atoms with van der Waals surface area (Å²) >= 11 is 0. The van der Waals surface area contributed by atoms with E-state index in [4.69, 9.17) is 10.2 Å². The highest BCUT2D eigenvalue weighted by molar-refractivity contribution is 5.98. The van der Waals surface area contributed by atoms with Gasteiger partial charge in [0.2, 0.25) is 5.82 Å². The molecule has 4 nitrogen and oxygen atoms in total. The average molecular weight is 370 g/mol. The van der Waals surface area contributed by atoms with Gasteiger partial charge in [-0.3, -0.25) is 4.90 Å². The minimum absolute atomic E-state index is 0.247. The molecule has 24 heavy (non-hydrogen) atoms. The normalized spacial score (nSPS) is 11.8. The van der Waals surface area contributed by atoms with Crippen LogP contribution in [0.5, 0.6) is 0 Å². The van der Waals surface area contributed by atoms with Gasteiger partial charge in [0.1, 0.15) is 16.2 Å². The Bertz CT molecular complexity index is 599. The van der Waals surface area contributed by atoms with Gasteiger partial charge in [-0.2, -0.15) is 0 Å². The summed E-state index contributed by atoms with van der Waals surface area (Å²) in [6.45, 7) is 3.43. The van der Waals surface area contributed by atoms with Crippen molar-refractivity contribution >= 4 is 22.2 Å². The molecule has 0 aromatic heterocycles. The highest BCUT2D eigenvalue weighted by atomic mass is 28.2. The second-order valence-electron chi connectivity index (χ2n) is 5.83. The van der Waals surface area contributed by atoms with E-state index in [1.165, 1.54) is 0 Å². The predicted octanol–water partition coefficient (Wildman–Crippen LogP) is 2.51. The smallest absolute Gasteiger partial charge is 0.319 e. The Morgan fingerprint density at radius 1 is 1.04 bits per heavy atom. The number of carbonyl (C=O) groups excluding carboxylic acids is 1. The number of unbranched alkanes of at least 4 members (excludes halogenated alkanes) is 1. The van der Waals surface area contributed by atoms with Crippen LogP contribution in [0.3, 0.4) is 0 Å². The average Bonchev–Trinajstić information content (AvgIpc) is 2.53. The van der Waals surface area contributed by atoms with Gasteiger partial charge in [0.05, 0.1) is 0 Å². The van der Waals surface area contributed by atoms with E-state index in [0.29, 0.717) is 28.2 Å². The minimum Gasteiger partial charge on any atom is -0.423 e. The van der Waals surface area contributed by atoms with Crippen molar-refractivity contribution in [1.29, 1.82) is 0 Å². The van der Waals surface area contributed by atoms with Crippen molar-refractivity contribution in [2.24, 2.45) is 5.73 Å². The van der Waals surface area contributed by atoms with Crippen LogP contribution in [0, 0.1) is 29.1 Å². The number of primary amides is 1. The standard InChI is InChI=1S/C14H19F5N2O2Si/c1-14(2,23-24)5-3-4-6-21(13(20)22)12-10(18)8(16)7(15)9(17)11(12)19/h3-6H2,1-2,24H3,(H2,20,22). The number of carbonyl (C=O) groups is 1. The van der Waals surface area contributed by atoms with Gasteiger partial charge in [0.25, 0.3) is 0 Å². The lowest BCUT2D eigenvalue weighted by molar-refractivity contribution is 0.110. The highest BCUT2D eigenvalue weighted by Crippen LogP contribution is 2.30. The Balaban J connectivity index is 3.01. The van der Waals surface area contributed by atoms with E-state index in [1.807, 2.05) is 13.8 Å². The van der Waals surface area contributed by atoms with E-state index >= 15 is 0 Å². The molecule has 2 amide bonds. The van der Waals surface area contributed by atoms with Gasteiger partial charge < -0.3 is 10.2 Å². The summed E-state index contributed by atoms with van der Waals surface area (Å²) in [5.74, 6) is -10.7. The topological polar surface area (TPSA) is 55.6 Å². The van der Waals surface area contributed by atoms with Crippen molar-refractivity contribution in [3.63, 3.8) is 0 Å². The van der Waals surface area contributed by atoms with Crippen LogP contribution in [-0.2, 0) is 4.43 Å². The summed E-state index contributed by atoms with van der Waals surface area (Å²) in [6.07, 6.45) is 1.35. The van der Waals surface area contributed by atoms with E-state index in [0.717, 1.165) is 0 Å². The number of nitrogens with two attached hydrogens (primary N) is 1. The largest absolute Gasteiger partial charge is 0.423 e. The first-order chi connectivity index (χ1) is 11.0. The Hall–Kier alpha value is -1.68. The molecule has 0 radical (unpaired) electrons. The molecular weight excluding hydrogens is 351 g/mol. The number of hydrogen-bond donors (Lipinski definition) is 1. The van der Waals surface area contributed by atoms with Crippen molar-refractivity contribution in [3.05, 3.63) is 29.1 Å². The number of anilines is 1. The molecule has 0 heterocycles. The van der Waals surface area contributed by atoms with Crippen molar-refractivity contribution < 1.29 is 31.2 Å². The van der Waals surface area contributed by atoms with Gasteiger partial charge >= 0.3 is 6.03 Å². The van der Waals surface area contributed by atoms with Crippen LogP contribution < -0.4 is 10.6 Å². The minimum atomic E-state index is -2.29. The maximum Gasteiger partial charge on any atom is 0.319 e. The molecule has 0 spiro atoms. The van der Waals surface area contributed by atoms with E-state index < -0.39 is 40.8 Å². The Morgan fingerprint density at radius 2 is 1.50 bits per heavy atom. The van der Waals surface area contributed by atoms with Crippen LogP contribution in [-0.4, -0.2) is 28.7 Å². The van der Waals surface area contributed by atoms with E-state index in [1.54, 1.807) is 0 Å². The van der Waals surface area contributed by atoms with Crippen molar-refractivity contribution in [2.45, 2.75) is 38.7 Å². The number of halogens is 5. The first kappa shape index (κ1) is 20.4. The molecule has 0 saturated carbocycles. The molecule has 0 saturated heterocycles. The lowest BCUT2D eigenvalue weighted by atomic mass is 10.0. The zero-order chi connectivity index (χ0) is 18.7. The molecule has 0 unspecified atom stereocenters. The van der Waals surface area contributed by atoms with Crippen LogP contribution >= 0.6 is 0 Å². The van der Waals surface area contributed by atoms with Crippen LogP contribution in [0.25, 0.3) is 0 Å². The molecule has 0 atom stereocenters. The van der Waals surface area contributed by atoms with Gasteiger partial charge in [0.15, 0.2) is 23.3 Å². The van der Waals surface area contributed by atoms with Crippen LogP contribution in [0.1, 0.15) is 33.1 Å². The number of amides is 2. The third-order valence-corrected chi connectivity index (χ3v) is 4.79. The quantitative estimate of drug-likeness (QED) is 0.264. The zero-order valence-electron chi connectivity index (χ0n) is 13.6. The molecule has 0 aliphatic carbocycles. The number of benzene rings is 1. The van der Waals surface area contributed by atoms with Crippen molar-refractivity contribution in [1.82, 2.24) is 0 Å². The van der Waals surface area contributed by atoms with Gasteiger partial charge in [-0.25, -0.2) is 26.7 Å². The Labute approximate surface area is 139 Å². The molecule has 1 rings (SSSR count). The van der Waals surface area contributed by atoms with E-state index in [2.05, 4.69) is 0 Å². The number of urea groups is 1. The fourth-order valence-electron chi connectivity index (χ4n) is 2.09. The SMILES string of the molecule is CC(C)(CCCCN(C(N)=O)c1c(F)c(F)c(F)c(F)c1F)O[SiH3]. The number of hydrogen-bond acceptors (Lipinski definition) is 2. The lowest BCUT2D eigenvalue weighted by Crippen LogP contribution is -2.38. The molecule has 0 bridgehead atoms. The van der Waals surface area contributed by atoms with E-state index in [-0.39, 0.29) is 18.6 Å². The first-order valence-corrected chi connectivity index (χ1v) is 7.98. The molecule has 0 fully saturated rings. The monoisotopic (exact) mass is 370 g/mol. The lowest BCUT2D eigenvalue weighted by Gasteiger charge is -2.25. The molecule has 0 aliphatic rings. The van der Waals surface area contributed by atoms with Crippen LogP contribution in [0.15, 0.2) is 0 Å². The highest BCUT2D eigenvalue weighted by Gasteiger charge is 2.31. The van der Waals surface area contributed by atoms with Gasteiger partial charge in [0, 0.05) is 12.1 Å². The molecule has 0 aliphatic heterocycles. The molecule has 2 N–H and O–H groups in total. The van der Waals surface area contributed by atoms with Gasteiger partial charge in [-0.15, -0.1) is 0 Å². The fraction of sp³-hybridized carbons (Fsp3) is 0.500. The maximum atomic E-state index is 13.8. The summed E-state index contributed by atoms with van der Waals surface area (Å²) in [6, 6.07) is -1.31. The Kier molecular flexibility index (Phi) is 6.73. The summed E-state index contributed by atoms with van der Waals surface area (Å²) < 4.78 is 72.5. The zero-order valence-corrected chi connectivity index (χ0v) is 15.6. The molecule has 136 valence electrons. The predicted molar refractivity (Wildman–Crippen MR) is 82.1 cm³/mol. The Morgan fingerprint density at radius 3 is 1.92 bits per heavy atom. The third kappa shape index (κ3) is 4.44. The molecule has 1 aromatic carbocycles. The maximum absolute atomic E-state index is 13.8. The second kappa shape index (κ2) is 7.93.